The Morgan fingerprint density at radius 3 is 2.73 bits per heavy atom. The van der Waals surface area contributed by atoms with Crippen LogP contribution in [0.4, 0.5) is 29.2 Å². The zero-order valence-electron chi connectivity index (χ0n) is 22.3. The number of fused-ring (bicyclic) bond motifs is 2. The number of ether oxygens (including phenoxy) is 1. The van der Waals surface area contributed by atoms with Crippen molar-refractivity contribution in [3.8, 4) is 22.6 Å². The minimum Gasteiger partial charge on any atom is -0.491 e. The number of nitrogen functional groups attached to an aromatic ring is 1. The first-order valence-electron chi connectivity index (χ1n) is 13.1. The van der Waals surface area contributed by atoms with Crippen molar-refractivity contribution in [3.63, 3.8) is 0 Å². The first kappa shape index (κ1) is 26.6. The highest BCUT2D eigenvalue weighted by atomic mass is 19.4. The zero-order chi connectivity index (χ0) is 28.9. The van der Waals surface area contributed by atoms with E-state index in [4.69, 9.17) is 15.6 Å². The number of pyridine rings is 1. The summed E-state index contributed by atoms with van der Waals surface area (Å²) in [6, 6.07) is 12.1. The van der Waals surface area contributed by atoms with Gasteiger partial charge in [0.15, 0.2) is 17.5 Å². The van der Waals surface area contributed by atoms with Gasteiger partial charge in [0.2, 0.25) is 0 Å². The van der Waals surface area contributed by atoms with E-state index in [1.165, 1.54) is 0 Å². The molecule has 0 atom stereocenters. The lowest BCUT2D eigenvalue weighted by atomic mass is 10.0. The van der Waals surface area contributed by atoms with Gasteiger partial charge in [-0.25, -0.2) is 14.1 Å². The summed E-state index contributed by atoms with van der Waals surface area (Å²) in [6.45, 7) is 5.23. The van der Waals surface area contributed by atoms with Crippen molar-refractivity contribution < 1.29 is 22.3 Å². The third-order valence-electron chi connectivity index (χ3n) is 7.01. The number of nitrogens with zero attached hydrogens (tertiary/aromatic N) is 5. The molecule has 0 aliphatic carbocycles. The zero-order valence-corrected chi connectivity index (χ0v) is 22.3. The van der Waals surface area contributed by atoms with Crippen molar-refractivity contribution in [1.82, 2.24) is 25.0 Å². The molecule has 0 bridgehead atoms. The van der Waals surface area contributed by atoms with E-state index in [0.717, 1.165) is 39.0 Å². The molecule has 0 spiro atoms. The van der Waals surface area contributed by atoms with Gasteiger partial charge in [-0.1, -0.05) is 32.0 Å². The molecule has 8 nitrogen and oxygen atoms in total. The van der Waals surface area contributed by atoms with Gasteiger partial charge in [0.05, 0.1) is 23.4 Å². The highest BCUT2D eigenvalue weighted by molar-refractivity contribution is 5.93. The Morgan fingerprint density at radius 1 is 1.15 bits per heavy atom. The molecule has 0 radical (unpaired) electrons. The monoisotopic (exact) mass is 565 g/mol. The largest absolute Gasteiger partial charge is 0.491 e. The van der Waals surface area contributed by atoms with E-state index in [2.05, 4.69) is 29.0 Å². The Balaban J connectivity index is 1.39. The highest BCUT2D eigenvalue weighted by Gasteiger charge is 2.33. The molecule has 3 N–H and O–H groups in total. The Hall–Kier alpha value is -4.61. The predicted molar refractivity (Wildman–Crippen MR) is 147 cm³/mol. The van der Waals surface area contributed by atoms with E-state index < -0.39 is 17.6 Å². The number of nitrogens with one attached hydrogen (secondary N) is 1. The molecule has 0 saturated carbocycles. The molecule has 12 heteroatoms. The van der Waals surface area contributed by atoms with E-state index in [9.17, 15) is 17.6 Å². The number of hydrogen-bond donors (Lipinski definition) is 2. The minimum absolute atomic E-state index is 0.120. The lowest BCUT2D eigenvalue weighted by molar-refractivity contribution is -0.138. The number of anilines is 2. The summed E-state index contributed by atoms with van der Waals surface area (Å²) in [5, 5.41) is 12.7. The van der Waals surface area contributed by atoms with Crippen LogP contribution in [0, 0.1) is 11.7 Å². The van der Waals surface area contributed by atoms with Gasteiger partial charge in [-0.3, -0.25) is 5.10 Å². The van der Waals surface area contributed by atoms with Crippen LogP contribution in [0.25, 0.3) is 27.7 Å². The second kappa shape index (κ2) is 10.1. The first-order chi connectivity index (χ1) is 19.6. The number of halogens is 4. The van der Waals surface area contributed by atoms with Gasteiger partial charge in [-0.05, 0) is 35.7 Å². The van der Waals surface area contributed by atoms with Crippen LogP contribution in [0.5, 0.6) is 5.75 Å². The van der Waals surface area contributed by atoms with Gasteiger partial charge < -0.3 is 15.4 Å². The quantitative estimate of drug-likeness (QED) is 0.240. The van der Waals surface area contributed by atoms with Crippen LogP contribution in [0.15, 0.2) is 54.9 Å². The summed E-state index contributed by atoms with van der Waals surface area (Å²) in [6.07, 6.45) is -1.68. The van der Waals surface area contributed by atoms with E-state index in [-0.39, 0.29) is 12.4 Å². The van der Waals surface area contributed by atoms with Crippen LogP contribution in [0.2, 0.25) is 0 Å². The van der Waals surface area contributed by atoms with Crippen LogP contribution in [0.1, 0.15) is 30.7 Å². The number of alkyl halides is 3. The number of hydrogen-bond acceptors (Lipinski definition) is 6. The standard InChI is InChI=1S/C29H27F4N7O/c1-16(2)15-41-25-5-3-4-20(17-6-7-21-24(10-17)36-37-27(21)34)26(25)40-14-18-13-39(9-8-23(18)38-40)28-22(30)11-19(12-35-28)29(31,32)33/h3-7,10-12,14,16H,8-9,13,15H2,1-2H3,(H3,34,36,37). The second-order valence-corrected chi connectivity index (χ2v) is 10.5. The summed E-state index contributed by atoms with van der Waals surface area (Å²) < 4.78 is 61.7. The van der Waals surface area contributed by atoms with E-state index in [1.807, 2.05) is 42.6 Å². The Kier molecular flexibility index (Phi) is 6.55. The van der Waals surface area contributed by atoms with Crippen LogP contribution in [-0.4, -0.2) is 38.1 Å². The van der Waals surface area contributed by atoms with Gasteiger partial charge in [-0.2, -0.15) is 23.4 Å². The van der Waals surface area contributed by atoms with Crippen molar-refractivity contribution in [2.45, 2.75) is 33.0 Å². The predicted octanol–water partition coefficient (Wildman–Crippen LogP) is 6.15. The smallest absolute Gasteiger partial charge is 0.417 e. The van der Waals surface area contributed by atoms with E-state index in [1.54, 1.807) is 9.58 Å². The normalized spacial score (nSPS) is 13.7. The second-order valence-electron chi connectivity index (χ2n) is 10.5. The van der Waals surface area contributed by atoms with Crippen LogP contribution in [-0.2, 0) is 19.1 Å². The number of benzene rings is 2. The SMILES string of the molecule is CC(C)COc1cccc(-c2ccc3c(N)n[nH]c3c2)c1-n1cc2c(n1)CCN(c1ncc(C(F)(F)F)cc1F)C2. The molecule has 5 aromatic rings. The third kappa shape index (κ3) is 5.05. The first-order valence-corrected chi connectivity index (χ1v) is 13.1. The van der Waals surface area contributed by atoms with Gasteiger partial charge in [0, 0.05) is 48.4 Å². The fourth-order valence-corrected chi connectivity index (χ4v) is 5.00. The maximum absolute atomic E-state index is 14.7. The minimum atomic E-state index is -4.67. The number of aromatic amines is 1. The molecule has 212 valence electrons. The lowest BCUT2D eigenvalue weighted by Gasteiger charge is -2.27. The number of H-pyrrole nitrogens is 1. The molecular formula is C29H27F4N7O. The molecule has 41 heavy (non-hydrogen) atoms. The van der Waals surface area contributed by atoms with Gasteiger partial charge in [0.25, 0.3) is 0 Å². The number of para-hydroxylation sites is 1. The fraction of sp³-hybridized carbons (Fsp3) is 0.276. The maximum atomic E-state index is 14.7. The molecule has 0 amide bonds. The van der Waals surface area contributed by atoms with E-state index in [0.29, 0.717) is 49.3 Å². The average Bonchev–Trinajstić information content (AvgIpc) is 3.53. The third-order valence-corrected chi connectivity index (χ3v) is 7.01. The van der Waals surface area contributed by atoms with Gasteiger partial charge >= 0.3 is 6.18 Å². The highest BCUT2D eigenvalue weighted by Crippen LogP contribution is 2.37. The molecule has 4 heterocycles. The van der Waals surface area contributed by atoms with Crippen molar-refractivity contribution in [3.05, 3.63) is 77.5 Å². The molecule has 1 aliphatic rings. The molecule has 1 aliphatic heterocycles. The van der Waals surface area contributed by atoms with Gasteiger partial charge in [-0.15, -0.1) is 0 Å². The summed E-state index contributed by atoms with van der Waals surface area (Å²) >= 11 is 0. The molecule has 0 fully saturated rings. The van der Waals surface area contributed by atoms with Crippen molar-refractivity contribution >= 4 is 22.5 Å². The lowest BCUT2D eigenvalue weighted by Crippen LogP contribution is -2.31. The van der Waals surface area contributed by atoms with E-state index >= 15 is 0 Å². The summed E-state index contributed by atoms with van der Waals surface area (Å²) in [7, 11) is 0. The van der Waals surface area contributed by atoms with Gasteiger partial charge in [0.1, 0.15) is 11.4 Å². The molecule has 6 rings (SSSR count). The Morgan fingerprint density at radius 2 is 1.98 bits per heavy atom. The molecular weight excluding hydrogens is 538 g/mol. The van der Waals surface area contributed by atoms with Crippen molar-refractivity contribution in [2.75, 3.05) is 23.8 Å². The molecule has 0 saturated heterocycles. The van der Waals surface area contributed by atoms with Crippen molar-refractivity contribution in [2.24, 2.45) is 5.92 Å². The molecule has 3 aromatic heterocycles. The van der Waals surface area contributed by atoms with Crippen LogP contribution >= 0.6 is 0 Å². The van der Waals surface area contributed by atoms with Crippen LogP contribution in [0.3, 0.4) is 0 Å². The summed E-state index contributed by atoms with van der Waals surface area (Å²) in [4.78, 5) is 5.44. The average molecular weight is 566 g/mol. The molecule has 0 unspecified atom stereocenters. The van der Waals surface area contributed by atoms with Crippen molar-refractivity contribution in [1.29, 1.82) is 0 Å². The summed E-state index contributed by atoms with van der Waals surface area (Å²) in [5.41, 5.74) is 9.78. The molecule has 2 aromatic carbocycles. The topological polar surface area (TPSA) is 97.9 Å². The Labute approximate surface area is 232 Å². The number of aromatic nitrogens is 5. The maximum Gasteiger partial charge on any atom is 0.417 e. The fourth-order valence-electron chi connectivity index (χ4n) is 5.00. The summed E-state index contributed by atoms with van der Waals surface area (Å²) in [5.74, 6) is 0.225. The number of nitrogens with two attached hydrogens (primary N) is 1. The number of rotatable bonds is 6. The van der Waals surface area contributed by atoms with Crippen LogP contribution < -0.4 is 15.4 Å². The Bertz CT molecular complexity index is 1740.